The molecule has 0 amide bonds. The van der Waals surface area contributed by atoms with E-state index >= 15 is 0 Å². The molecule has 0 aliphatic heterocycles. The van der Waals surface area contributed by atoms with Crippen molar-refractivity contribution >= 4 is 0 Å². The molecule has 2 rings (SSSR count). The lowest BCUT2D eigenvalue weighted by atomic mass is 9.72. The van der Waals surface area contributed by atoms with Crippen LogP contribution >= 0.6 is 0 Å². The lowest BCUT2D eigenvalue weighted by Gasteiger charge is -2.34. The van der Waals surface area contributed by atoms with Gasteiger partial charge in [-0.05, 0) is 73.7 Å². The zero-order chi connectivity index (χ0) is 13.1. The molecule has 2 N–H and O–H groups in total. The molecular formula is C16H24FN. The Labute approximate surface area is 110 Å². The van der Waals surface area contributed by atoms with Gasteiger partial charge in [0, 0.05) is 0 Å². The average molecular weight is 249 g/mol. The highest BCUT2D eigenvalue weighted by atomic mass is 19.1. The second-order valence-corrected chi connectivity index (χ2v) is 5.95. The van der Waals surface area contributed by atoms with E-state index in [-0.39, 0.29) is 5.82 Å². The summed E-state index contributed by atoms with van der Waals surface area (Å²) in [6.07, 6.45) is 4.88. The number of nitrogens with two attached hydrogens (primary N) is 1. The third kappa shape index (κ3) is 3.11. The Hall–Kier alpha value is -0.890. The fourth-order valence-electron chi connectivity index (χ4n) is 3.29. The minimum absolute atomic E-state index is 0.136. The van der Waals surface area contributed by atoms with Gasteiger partial charge in [0.1, 0.15) is 5.82 Å². The van der Waals surface area contributed by atoms with Gasteiger partial charge in [-0.15, -0.1) is 0 Å². The van der Waals surface area contributed by atoms with E-state index in [4.69, 9.17) is 5.73 Å². The molecule has 0 aromatic heterocycles. The van der Waals surface area contributed by atoms with Gasteiger partial charge in [-0.1, -0.05) is 19.4 Å². The van der Waals surface area contributed by atoms with Crippen LogP contribution in [-0.2, 0) is 6.42 Å². The van der Waals surface area contributed by atoms with Gasteiger partial charge >= 0.3 is 0 Å². The highest BCUT2D eigenvalue weighted by molar-refractivity contribution is 5.27. The first-order chi connectivity index (χ1) is 8.60. The maximum atomic E-state index is 13.1. The summed E-state index contributed by atoms with van der Waals surface area (Å²) >= 11 is 0. The first kappa shape index (κ1) is 13.5. The third-order valence-corrected chi connectivity index (χ3v) is 4.49. The number of rotatable bonds is 3. The summed E-state index contributed by atoms with van der Waals surface area (Å²) in [6, 6.07) is 5.16. The van der Waals surface area contributed by atoms with Gasteiger partial charge in [0.15, 0.2) is 0 Å². The van der Waals surface area contributed by atoms with Gasteiger partial charge in [0.05, 0.1) is 0 Å². The van der Waals surface area contributed by atoms with E-state index in [0.717, 1.165) is 24.4 Å². The highest BCUT2D eigenvalue weighted by Gasteiger charge is 2.27. The van der Waals surface area contributed by atoms with Crippen LogP contribution in [0.25, 0.3) is 0 Å². The summed E-state index contributed by atoms with van der Waals surface area (Å²) in [6.45, 7) is 5.12. The molecule has 0 spiro atoms. The lowest BCUT2D eigenvalue weighted by Crippen LogP contribution is -2.31. The molecule has 0 heterocycles. The van der Waals surface area contributed by atoms with Crippen LogP contribution in [0.1, 0.15) is 37.3 Å². The molecule has 0 saturated heterocycles. The van der Waals surface area contributed by atoms with Crippen molar-refractivity contribution in [2.45, 2.75) is 39.5 Å². The number of halogens is 1. The zero-order valence-electron chi connectivity index (χ0n) is 11.5. The zero-order valence-corrected chi connectivity index (χ0v) is 11.5. The van der Waals surface area contributed by atoms with Gasteiger partial charge < -0.3 is 5.73 Å². The molecule has 1 aromatic rings. The van der Waals surface area contributed by atoms with Crippen molar-refractivity contribution in [3.05, 3.63) is 35.1 Å². The normalized spacial score (nSPS) is 28.3. The molecular weight excluding hydrogens is 225 g/mol. The van der Waals surface area contributed by atoms with Gasteiger partial charge in [-0.3, -0.25) is 0 Å². The molecule has 0 radical (unpaired) electrons. The van der Waals surface area contributed by atoms with Crippen LogP contribution in [-0.4, -0.2) is 6.54 Å². The second kappa shape index (κ2) is 5.83. The fraction of sp³-hybridized carbons (Fsp3) is 0.625. The Balaban J connectivity index is 2.10. The molecule has 2 heteroatoms. The van der Waals surface area contributed by atoms with E-state index in [0.29, 0.717) is 11.8 Å². The van der Waals surface area contributed by atoms with Crippen molar-refractivity contribution < 1.29 is 4.39 Å². The summed E-state index contributed by atoms with van der Waals surface area (Å²) in [5.41, 5.74) is 8.25. The minimum atomic E-state index is -0.136. The maximum absolute atomic E-state index is 13.1. The van der Waals surface area contributed by atoms with E-state index < -0.39 is 0 Å². The van der Waals surface area contributed by atoms with E-state index in [9.17, 15) is 4.39 Å². The van der Waals surface area contributed by atoms with Crippen molar-refractivity contribution in [3.8, 4) is 0 Å². The van der Waals surface area contributed by atoms with Crippen LogP contribution in [0.15, 0.2) is 18.2 Å². The number of hydrogen-bond acceptors (Lipinski definition) is 1. The van der Waals surface area contributed by atoms with E-state index in [1.165, 1.54) is 24.8 Å². The summed E-state index contributed by atoms with van der Waals surface area (Å²) in [5.74, 6) is 1.98. The summed E-state index contributed by atoms with van der Waals surface area (Å²) in [5, 5.41) is 0. The summed E-state index contributed by atoms with van der Waals surface area (Å²) < 4.78 is 13.1. The Morgan fingerprint density at radius 2 is 2.06 bits per heavy atom. The molecule has 1 saturated carbocycles. The molecule has 3 unspecified atom stereocenters. The Bertz CT molecular complexity index is 402. The number of hydrogen-bond donors (Lipinski definition) is 1. The van der Waals surface area contributed by atoms with Crippen molar-refractivity contribution in [2.75, 3.05) is 6.54 Å². The largest absolute Gasteiger partial charge is 0.330 e. The second-order valence-electron chi connectivity index (χ2n) is 5.95. The van der Waals surface area contributed by atoms with Crippen molar-refractivity contribution in [1.29, 1.82) is 0 Å². The fourth-order valence-corrected chi connectivity index (χ4v) is 3.29. The van der Waals surface area contributed by atoms with Crippen molar-refractivity contribution in [1.82, 2.24) is 0 Å². The van der Waals surface area contributed by atoms with Crippen LogP contribution in [0.5, 0.6) is 0 Å². The first-order valence-corrected chi connectivity index (χ1v) is 7.05. The standard InChI is InChI=1S/C16H24FN/c1-11-3-4-14(10-18)15(7-11)9-13-5-6-16(17)8-12(13)2/h5-6,8,11,14-15H,3-4,7,9-10,18H2,1-2H3. The monoisotopic (exact) mass is 249 g/mol. The molecule has 100 valence electrons. The van der Waals surface area contributed by atoms with Gasteiger partial charge in [-0.2, -0.15) is 0 Å². The quantitative estimate of drug-likeness (QED) is 0.868. The molecule has 0 bridgehead atoms. The Kier molecular flexibility index (Phi) is 4.39. The average Bonchev–Trinajstić information content (AvgIpc) is 2.33. The predicted octanol–water partition coefficient (Wildman–Crippen LogP) is 3.69. The molecule has 1 aliphatic rings. The van der Waals surface area contributed by atoms with E-state index in [2.05, 4.69) is 6.92 Å². The minimum Gasteiger partial charge on any atom is -0.330 e. The molecule has 1 aliphatic carbocycles. The van der Waals surface area contributed by atoms with Crippen LogP contribution in [0.4, 0.5) is 4.39 Å². The lowest BCUT2D eigenvalue weighted by molar-refractivity contribution is 0.193. The maximum Gasteiger partial charge on any atom is 0.123 e. The van der Waals surface area contributed by atoms with Gasteiger partial charge in [-0.25, -0.2) is 4.39 Å². The smallest absolute Gasteiger partial charge is 0.123 e. The Morgan fingerprint density at radius 3 is 2.72 bits per heavy atom. The summed E-state index contributed by atoms with van der Waals surface area (Å²) in [4.78, 5) is 0. The molecule has 18 heavy (non-hydrogen) atoms. The molecule has 3 atom stereocenters. The summed E-state index contributed by atoms with van der Waals surface area (Å²) in [7, 11) is 0. The highest BCUT2D eigenvalue weighted by Crippen LogP contribution is 2.35. The molecule has 1 fully saturated rings. The predicted molar refractivity (Wildman–Crippen MR) is 73.9 cm³/mol. The van der Waals surface area contributed by atoms with Crippen LogP contribution in [0, 0.1) is 30.5 Å². The van der Waals surface area contributed by atoms with Crippen molar-refractivity contribution in [2.24, 2.45) is 23.5 Å². The van der Waals surface area contributed by atoms with Crippen molar-refractivity contribution in [3.63, 3.8) is 0 Å². The third-order valence-electron chi connectivity index (χ3n) is 4.49. The SMILES string of the molecule is Cc1cc(F)ccc1CC1CC(C)CCC1CN. The van der Waals surface area contributed by atoms with Gasteiger partial charge in [0.2, 0.25) is 0 Å². The van der Waals surface area contributed by atoms with E-state index in [1.54, 1.807) is 12.1 Å². The van der Waals surface area contributed by atoms with Crippen LogP contribution in [0.3, 0.4) is 0 Å². The van der Waals surface area contributed by atoms with E-state index in [1.807, 2.05) is 13.0 Å². The number of aryl methyl sites for hydroxylation is 1. The first-order valence-electron chi connectivity index (χ1n) is 7.05. The van der Waals surface area contributed by atoms with Crippen LogP contribution in [0.2, 0.25) is 0 Å². The van der Waals surface area contributed by atoms with Crippen LogP contribution < -0.4 is 5.73 Å². The van der Waals surface area contributed by atoms with Gasteiger partial charge in [0.25, 0.3) is 0 Å². The Morgan fingerprint density at radius 1 is 1.28 bits per heavy atom. The molecule has 1 aromatic carbocycles. The topological polar surface area (TPSA) is 26.0 Å². The molecule has 1 nitrogen and oxygen atoms in total. The number of benzene rings is 1.